The highest BCUT2D eigenvalue weighted by Gasteiger charge is 2.19. The summed E-state index contributed by atoms with van der Waals surface area (Å²) in [4.78, 5) is 23.5. The molecule has 0 fully saturated rings. The summed E-state index contributed by atoms with van der Waals surface area (Å²) in [6, 6.07) is 9.57. The Hall–Kier alpha value is -2.16. The molecule has 33 heavy (non-hydrogen) atoms. The van der Waals surface area contributed by atoms with E-state index in [1.165, 1.54) is 19.3 Å². The molecular formula is C25H43N3O5. The summed E-state index contributed by atoms with van der Waals surface area (Å²) in [6.45, 7) is 4.65. The highest BCUT2D eigenvalue weighted by Crippen LogP contribution is 2.06. The highest BCUT2D eigenvalue weighted by atomic mass is 16.5. The number of ether oxygens (including phenoxy) is 2. The summed E-state index contributed by atoms with van der Waals surface area (Å²) >= 11 is 0. The van der Waals surface area contributed by atoms with E-state index in [2.05, 4.69) is 22.9 Å². The number of carbonyl (C=O) groups is 2. The van der Waals surface area contributed by atoms with Crippen LogP contribution in [0.3, 0.4) is 0 Å². The number of hydrogen-bond donors (Lipinski definition) is 4. The molecule has 4 N–H and O–H groups in total. The zero-order valence-corrected chi connectivity index (χ0v) is 20.3. The fraction of sp³-hybridized carbons (Fsp3) is 0.680. The van der Waals surface area contributed by atoms with Crippen LogP contribution in [0.25, 0.3) is 0 Å². The lowest BCUT2D eigenvalue weighted by atomic mass is 10.1. The molecule has 0 aliphatic carbocycles. The van der Waals surface area contributed by atoms with Gasteiger partial charge in [0.15, 0.2) is 0 Å². The van der Waals surface area contributed by atoms with Gasteiger partial charge >= 0.3 is 6.09 Å². The first-order valence-electron chi connectivity index (χ1n) is 12.2. The van der Waals surface area contributed by atoms with Crippen LogP contribution in [0.15, 0.2) is 30.3 Å². The van der Waals surface area contributed by atoms with Crippen molar-refractivity contribution in [3.05, 3.63) is 35.9 Å². The highest BCUT2D eigenvalue weighted by molar-refractivity contribution is 5.81. The van der Waals surface area contributed by atoms with Crippen LogP contribution in [0.4, 0.5) is 4.79 Å². The maximum atomic E-state index is 12.9. The minimum Gasteiger partial charge on any atom is -0.465 e. The lowest BCUT2D eigenvalue weighted by molar-refractivity contribution is -0.124. The van der Waals surface area contributed by atoms with E-state index >= 15 is 0 Å². The molecular weight excluding hydrogens is 422 g/mol. The van der Waals surface area contributed by atoms with E-state index < -0.39 is 6.09 Å². The van der Waals surface area contributed by atoms with Gasteiger partial charge in [-0.1, -0.05) is 62.9 Å². The quantitative estimate of drug-likeness (QED) is 0.219. The minimum atomic E-state index is -1.03. The van der Waals surface area contributed by atoms with Crippen molar-refractivity contribution in [3.8, 4) is 0 Å². The number of benzene rings is 1. The molecule has 2 atom stereocenters. The second-order valence-corrected chi connectivity index (χ2v) is 8.25. The van der Waals surface area contributed by atoms with Gasteiger partial charge < -0.3 is 30.5 Å². The van der Waals surface area contributed by atoms with Gasteiger partial charge in [0.25, 0.3) is 0 Å². The second kappa shape index (κ2) is 19.3. The number of hydrogen-bond acceptors (Lipinski definition) is 5. The van der Waals surface area contributed by atoms with Crippen LogP contribution < -0.4 is 16.0 Å². The van der Waals surface area contributed by atoms with Gasteiger partial charge in [-0.2, -0.15) is 0 Å². The summed E-state index contributed by atoms with van der Waals surface area (Å²) in [6.07, 6.45) is 6.68. The van der Waals surface area contributed by atoms with Gasteiger partial charge in [0.1, 0.15) is 0 Å². The van der Waals surface area contributed by atoms with Crippen molar-refractivity contribution in [1.82, 2.24) is 16.0 Å². The second-order valence-electron chi connectivity index (χ2n) is 8.25. The summed E-state index contributed by atoms with van der Waals surface area (Å²) < 4.78 is 11.2. The normalized spacial score (nSPS) is 12.8. The zero-order valence-electron chi connectivity index (χ0n) is 20.3. The van der Waals surface area contributed by atoms with Gasteiger partial charge in [-0.3, -0.25) is 4.79 Å². The maximum absolute atomic E-state index is 12.9. The van der Waals surface area contributed by atoms with Gasteiger partial charge in [0, 0.05) is 33.4 Å². The van der Waals surface area contributed by atoms with Crippen LogP contribution >= 0.6 is 0 Å². The molecule has 0 aliphatic rings. The van der Waals surface area contributed by atoms with Gasteiger partial charge in [-0.15, -0.1) is 0 Å². The molecule has 1 aromatic rings. The predicted molar refractivity (Wildman–Crippen MR) is 130 cm³/mol. The first-order chi connectivity index (χ1) is 16.1. The molecule has 8 nitrogen and oxygen atoms in total. The molecule has 0 saturated carbocycles. The Bertz CT molecular complexity index is 630. The van der Waals surface area contributed by atoms with E-state index in [1.54, 1.807) is 7.11 Å². The molecule has 2 amide bonds. The monoisotopic (exact) mass is 465 g/mol. The number of unbranched alkanes of at least 4 members (excludes halogenated alkanes) is 5. The van der Waals surface area contributed by atoms with Crippen molar-refractivity contribution in [3.63, 3.8) is 0 Å². The van der Waals surface area contributed by atoms with Crippen LogP contribution in [0.5, 0.6) is 0 Å². The van der Waals surface area contributed by atoms with E-state index in [9.17, 15) is 9.59 Å². The molecule has 188 valence electrons. The molecule has 1 rings (SSSR count). The van der Waals surface area contributed by atoms with E-state index in [-0.39, 0.29) is 18.1 Å². The Kier molecular flexibility index (Phi) is 16.9. The topological polar surface area (TPSA) is 109 Å². The Labute approximate surface area is 198 Å². The maximum Gasteiger partial charge on any atom is 0.404 e. The number of rotatable bonds is 20. The molecule has 0 aromatic heterocycles. The molecule has 0 heterocycles. The summed E-state index contributed by atoms with van der Waals surface area (Å²) in [5, 5.41) is 17.4. The van der Waals surface area contributed by atoms with E-state index in [4.69, 9.17) is 14.6 Å². The Morgan fingerprint density at radius 2 is 1.76 bits per heavy atom. The van der Waals surface area contributed by atoms with Crippen LogP contribution in [-0.2, 0) is 20.8 Å². The largest absolute Gasteiger partial charge is 0.465 e. The molecule has 0 radical (unpaired) electrons. The van der Waals surface area contributed by atoms with Gasteiger partial charge in [0.05, 0.1) is 18.8 Å². The van der Waals surface area contributed by atoms with Crippen molar-refractivity contribution in [2.45, 2.75) is 77.0 Å². The molecule has 0 saturated heterocycles. The van der Waals surface area contributed by atoms with Gasteiger partial charge in [-0.05, 0) is 31.2 Å². The molecule has 0 aliphatic heterocycles. The zero-order chi connectivity index (χ0) is 24.2. The van der Waals surface area contributed by atoms with E-state index in [1.807, 2.05) is 30.3 Å². The average Bonchev–Trinajstić information content (AvgIpc) is 2.81. The van der Waals surface area contributed by atoms with Crippen LogP contribution in [0.1, 0.15) is 63.9 Å². The first-order valence-corrected chi connectivity index (χ1v) is 12.2. The van der Waals surface area contributed by atoms with Gasteiger partial charge in [-0.25, -0.2) is 4.79 Å². The summed E-state index contributed by atoms with van der Waals surface area (Å²) in [5.41, 5.74) is 1.10. The molecule has 0 bridgehead atoms. The van der Waals surface area contributed by atoms with Crippen LogP contribution in [0.2, 0.25) is 0 Å². The van der Waals surface area contributed by atoms with Crippen molar-refractivity contribution in [1.29, 1.82) is 0 Å². The summed E-state index contributed by atoms with van der Waals surface area (Å²) in [5.74, 6) is -0.0789. The van der Waals surface area contributed by atoms with Crippen molar-refractivity contribution < 1.29 is 24.2 Å². The number of carbonyl (C=O) groups excluding carboxylic acids is 1. The Morgan fingerprint density at radius 1 is 1.00 bits per heavy atom. The lowest BCUT2D eigenvalue weighted by Crippen LogP contribution is -2.47. The number of methoxy groups -OCH3 is 1. The van der Waals surface area contributed by atoms with Crippen molar-refractivity contribution >= 4 is 12.0 Å². The number of carboxylic acid groups (broad SMARTS) is 1. The number of amides is 2. The molecule has 2 unspecified atom stereocenters. The lowest BCUT2D eigenvalue weighted by Gasteiger charge is -2.22. The van der Waals surface area contributed by atoms with Crippen molar-refractivity contribution in [2.24, 2.45) is 0 Å². The number of nitrogens with one attached hydrogen (secondary N) is 3. The predicted octanol–water partition coefficient (Wildman–Crippen LogP) is 3.70. The third-order valence-electron chi connectivity index (χ3n) is 5.37. The SMILES string of the molecule is CCCCCCCOC(CNC(=O)C(CCCCNC(=O)O)NCc1ccccc1)COC. The Morgan fingerprint density at radius 3 is 2.45 bits per heavy atom. The third-order valence-corrected chi connectivity index (χ3v) is 5.37. The summed E-state index contributed by atoms with van der Waals surface area (Å²) in [7, 11) is 1.63. The fourth-order valence-electron chi connectivity index (χ4n) is 3.48. The smallest absolute Gasteiger partial charge is 0.404 e. The van der Waals surface area contributed by atoms with Crippen molar-refractivity contribution in [2.75, 3.05) is 33.4 Å². The third kappa shape index (κ3) is 15.3. The van der Waals surface area contributed by atoms with Crippen LogP contribution in [0, 0.1) is 0 Å². The fourth-order valence-corrected chi connectivity index (χ4v) is 3.48. The first kappa shape index (κ1) is 28.9. The van der Waals surface area contributed by atoms with Crippen LogP contribution in [-0.4, -0.2) is 62.7 Å². The Balaban J connectivity index is 2.49. The van der Waals surface area contributed by atoms with E-state index in [0.29, 0.717) is 45.7 Å². The molecule has 8 heteroatoms. The minimum absolute atomic E-state index is 0.0789. The standard InChI is InChI=1S/C25H43N3O5/c1-3-4-5-6-12-17-33-22(20-32-2)19-28-24(29)23(15-10-11-16-26-25(30)31)27-18-21-13-8-7-9-14-21/h7-9,13-14,22-23,26-27H,3-6,10-12,15-20H2,1-2H3,(H,28,29)(H,30,31). The van der Waals surface area contributed by atoms with Gasteiger partial charge in [0.2, 0.25) is 5.91 Å². The molecule has 0 spiro atoms. The van der Waals surface area contributed by atoms with E-state index in [0.717, 1.165) is 24.8 Å². The molecule has 1 aromatic carbocycles. The average molecular weight is 466 g/mol.